The summed E-state index contributed by atoms with van der Waals surface area (Å²) in [5.74, 6) is -14.6. The molecule has 450 valence electrons. The van der Waals surface area contributed by atoms with Crippen LogP contribution in [0.4, 0.5) is 0 Å². The molecule has 4 heterocycles. The summed E-state index contributed by atoms with van der Waals surface area (Å²) in [5.41, 5.74) is 10.9. The molecule has 4 fully saturated rings. The fraction of sp³-hybridized carbons (Fsp3) is 0.760. The van der Waals surface area contributed by atoms with Crippen molar-refractivity contribution in [2.45, 2.75) is 202 Å². The smallest absolute Gasteiger partial charge is 0.335 e. The summed E-state index contributed by atoms with van der Waals surface area (Å²) < 4.78 is 5.65. The molecule has 30 nitrogen and oxygen atoms in total. The highest BCUT2D eigenvalue weighted by molar-refractivity contribution is 6.00. The summed E-state index contributed by atoms with van der Waals surface area (Å²) in [6, 6.07) is -14.9. The van der Waals surface area contributed by atoms with Gasteiger partial charge in [-0.1, -0.05) is 52.4 Å². The number of guanidine groups is 1. The number of fused-ring (bicyclic) bond motifs is 3. The Morgan fingerprint density at radius 3 is 1.80 bits per heavy atom. The van der Waals surface area contributed by atoms with E-state index in [2.05, 4.69) is 34.8 Å². The van der Waals surface area contributed by atoms with Crippen LogP contribution in [-0.4, -0.2) is 233 Å². The molecule has 0 aromatic heterocycles. The number of carboxylic acids is 2. The van der Waals surface area contributed by atoms with Gasteiger partial charge in [-0.05, 0) is 70.6 Å². The number of cyclic esters (lactones) is 1. The number of nitrogens with zero attached hydrogens (tertiary/aromatic N) is 4. The Labute approximate surface area is 462 Å². The zero-order chi connectivity index (χ0) is 59.5. The fourth-order valence-corrected chi connectivity index (χ4v) is 10.2. The molecule has 30 heteroatoms. The van der Waals surface area contributed by atoms with Gasteiger partial charge in [-0.2, -0.15) is 0 Å². The number of carboxylic acid groups (broad SMARTS) is 2. The van der Waals surface area contributed by atoms with Gasteiger partial charge in [-0.25, -0.2) is 14.4 Å². The Balaban J connectivity index is 1.79. The minimum atomic E-state index is -2.76. The van der Waals surface area contributed by atoms with Crippen molar-refractivity contribution in [2.24, 2.45) is 22.4 Å². The topological polar surface area (TPSA) is 473 Å². The van der Waals surface area contributed by atoms with Crippen molar-refractivity contribution < 1.29 is 93.2 Å². The van der Waals surface area contributed by atoms with Crippen LogP contribution in [0.3, 0.4) is 0 Å². The van der Waals surface area contributed by atoms with E-state index in [-0.39, 0.29) is 77.0 Å². The van der Waals surface area contributed by atoms with E-state index in [0.29, 0.717) is 23.7 Å². The normalized spacial score (nSPS) is 28.4. The predicted octanol–water partition coefficient (Wildman–Crippen LogP) is -5.24. The molecule has 13 atom stereocenters. The van der Waals surface area contributed by atoms with Crippen molar-refractivity contribution in [1.29, 1.82) is 0 Å². The van der Waals surface area contributed by atoms with Gasteiger partial charge in [0.25, 0.3) is 0 Å². The second-order valence-corrected chi connectivity index (χ2v) is 21.1. The lowest BCUT2D eigenvalue weighted by Gasteiger charge is -2.34. The lowest BCUT2D eigenvalue weighted by Crippen LogP contribution is -2.64. The number of hydrogen-bond donors (Lipinski definition) is 14. The second-order valence-electron chi connectivity index (χ2n) is 21.1. The Bertz CT molecular complexity index is 2250. The summed E-state index contributed by atoms with van der Waals surface area (Å²) in [7, 11) is 0. The van der Waals surface area contributed by atoms with Crippen LogP contribution in [-0.2, 0) is 57.5 Å². The number of aliphatic carboxylic acids is 2. The summed E-state index contributed by atoms with van der Waals surface area (Å²) in [5, 5.41) is 84.8. The van der Waals surface area contributed by atoms with Crippen LogP contribution in [0.15, 0.2) is 4.99 Å². The van der Waals surface area contributed by atoms with Gasteiger partial charge >= 0.3 is 17.9 Å². The van der Waals surface area contributed by atoms with Gasteiger partial charge in [0.2, 0.25) is 47.3 Å². The van der Waals surface area contributed by atoms with Crippen LogP contribution in [0.1, 0.15) is 124 Å². The molecule has 4 aliphatic rings. The Morgan fingerprint density at radius 2 is 1.20 bits per heavy atom. The lowest BCUT2D eigenvalue weighted by atomic mass is 10.0. The fourth-order valence-electron chi connectivity index (χ4n) is 10.2. The van der Waals surface area contributed by atoms with E-state index in [1.807, 2.05) is 10.6 Å². The molecular formula is C50H81N11O19. The van der Waals surface area contributed by atoms with Gasteiger partial charge < -0.3 is 93.2 Å². The summed E-state index contributed by atoms with van der Waals surface area (Å²) in [6.45, 7) is 3.54. The van der Waals surface area contributed by atoms with E-state index in [4.69, 9.17) is 16.2 Å². The van der Waals surface area contributed by atoms with E-state index < -0.39 is 164 Å². The average molecular weight is 1140 g/mol. The minimum absolute atomic E-state index is 0.00851. The average Bonchev–Trinajstić information content (AvgIpc) is 4.19. The summed E-state index contributed by atoms with van der Waals surface area (Å²) in [6.07, 6.45) is -5.47. The first-order valence-corrected chi connectivity index (χ1v) is 27.3. The first-order chi connectivity index (χ1) is 37.8. The van der Waals surface area contributed by atoms with Gasteiger partial charge in [0, 0.05) is 26.2 Å². The molecule has 0 spiro atoms. The molecular weight excluding hydrogens is 1060 g/mol. The zero-order valence-electron chi connectivity index (χ0n) is 45.4. The predicted molar refractivity (Wildman–Crippen MR) is 277 cm³/mol. The van der Waals surface area contributed by atoms with Gasteiger partial charge in [0.15, 0.2) is 24.2 Å². The number of carbonyl (C=O) groups is 11. The SMILES string of the molecule is CC(C)CCCCCCCC[C@H]1CC(=O)N[C@@H]([C@H](C)O)C(=O)N2CCC[C@@H]2C(=O)N2CCC[C@@H]2C(=O)N[C@H](CCCN=C(N)N)C(=O)N[C@H]([C@@H](O)C(=O)O)C(=O)N[C@@H](CO)C(=O)N2CC[C@H](O)[C@H]2C(=O)N[C@H]([C@@H](O)C(=O)O)C(=O)O1. The van der Waals surface area contributed by atoms with Crippen LogP contribution in [0.5, 0.6) is 0 Å². The van der Waals surface area contributed by atoms with E-state index in [9.17, 15) is 88.5 Å². The number of hydrogen-bond acceptors (Lipinski definition) is 18. The number of nitrogens with two attached hydrogens (primary N) is 2. The van der Waals surface area contributed by atoms with E-state index in [1.165, 1.54) is 11.8 Å². The number of ether oxygens (including phenoxy) is 1. The molecule has 0 unspecified atom stereocenters. The van der Waals surface area contributed by atoms with Crippen molar-refractivity contribution in [3.05, 3.63) is 0 Å². The Morgan fingerprint density at radius 1 is 0.625 bits per heavy atom. The van der Waals surface area contributed by atoms with Crippen LogP contribution in [0.25, 0.3) is 0 Å². The van der Waals surface area contributed by atoms with Crippen molar-refractivity contribution in [2.75, 3.05) is 32.8 Å². The first kappa shape index (κ1) is 65.8. The van der Waals surface area contributed by atoms with Crippen LogP contribution < -0.4 is 38.1 Å². The van der Waals surface area contributed by atoms with Crippen molar-refractivity contribution in [3.63, 3.8) is 0 Å². The third-order valence-electron chi connectivity index (χ3n) is 14.5. The third kappa shape index (κ3) is 18.4. The molecule has 0 bridgehead atoms. The number of rotatable bonds is 19. The van der Waals surface area contributed by atoms with Crippen molar-refractivity contribution in [1.82, 2.24) is 41.3 Å². The highest BCUT2D eigenvalue weighted by Crippen LogP contribution is 2.27. The number of aliphatic hydroxyl groups excluding tert-OH is 5. The zero-order valence-corrected chi connectivity index (χ0v) is 45.4. The maximum absolute atomic E-state index is 14.4. The monoisotopic (exact) mass is 1140 g/mol. The van der Waals surface area contributed by atoms with Gasteiger partial charge in [-0.3, -0.25) is 43.3 Å². The molecule has 16 N–H and O–H groups in total. The number of aliphatic hydroxyl groups is 5. The van der Waals surface area contributed by atoms with Gasteiger partial charge in [0.05, 0.1) is 25.2 Å². The lowest BCUT2D eigenvalue weighted by molar-refractivity contribution is -0.165. The van der Waals surface area contributed by atoms with Crippen molar-refractivity contribution >= 4 is 71.1 Å². The van der Waals surface area contributed by atoms with E-state index >= 15 is 0 Å². The second kappa shape index (κ2) is 31.3. The molecule has 4 saturated heterocycles. The third-order valence-corrected chi connectivity index (χ3v) is 14.5. The molecule has 4 rings (SSSR count). The molecule has 0 aromatic rings. The standard InChI is InChI=1S/C50H81N11O19/c1-25(2)13-8-6-4-5-7-9-14-27-23-33(65)56-34(26(3)63)46(74)60-21-12-17-31(60)45(73)59-20-11-16-30(59)41(69)54-28(15-10-19-53-50(51)52)40(68)57-35(38(66)47(75)76)42(70)55-29(24-62)44(72)61-22-18-32(64)37(61)43(71)58-36(49(79)80-27)39(67)48(77)78/h25-32,34-39,62-64,66-67H,4-24H2,1-3H3,(H,54,69)(H,55,70)(H,56,65)(H,57,68)(H,58,71)(H,75,76)(H,77,78)(H4,51,52,53)/t26-,27-,28+,29-,30+,31+,32-,34-,35+,36+,37-,38+,39+/m0/s1. The summed E-state index contributed by atoms with van der Waals surface area (Å²) in [4.78, 5) is 158. The highest BCUT2D eigenvalue weighted by Gasteiger charge is 2.48. The van der Waals surface area contributed by atoms with Gasteiger partial charge in [0.1, 0.15) is 48.4 Å². The van der Waals surface area contributed by atoms with Gasteiger partial charge in [-0.15, -0.1) is 0 Å². The quantitative estimate of drug-likeness (QED) is 0.0249. The maximum Gasteiger partial charge on any atom is 0.335 e. The van der Waals surface area contributed by atoms with Crippen LogP contribution >= 0.6 is 0 Å². The summed E-state index contributed by atoms with van der Waals surface area (Å²) >= 11 is 0. The number of esters is 1. The Hall–Kier alpha value is -6.76. The molecule has 4 aliphatic heterocycles. The number of nitrogens with one attached hydrogen (secondary N) is 5. The largest absolute Gasteiger partial charge is 0.479 e. The van der Waals surface area contributed by atoms with Crippen LogP contribution in [0, 0.1) is 5.92 Å². The first-order valence-electron chi connectivity index (χ1n) is 27.3. The number of carbonyl (C=O) groups excluding carboxylic acids is 9. The van der Waals surface area contributed by atoms with E-state index in [1.54, 1.807) is 0 Å². The number of amides is 8. The van der Waals surface area contributed by atoms with E-state index in [0.717, 1.165) is 37.0 Å². The molecule has 0 aromatic carbocycles. The Kier molecular flexibility index (Phi) is 25.7. The number of unbranched alkanes of at least 4 members (excludes halogenated alkanes) is 5. The van der Waals surface area contributed by atoms with Crippen LogP contribution in [0.2, 0.25) is 0 Å². The molecule has 80 heavy (non-hydrogen) atoms. The van der Waals surface area contributed by atoms with Crippen molar-refractivity contribution in [3.8, 4) is 0 Å². The maximum atomic E-state index is 14.4. The highest BCUT2D eigenvalue weighted by atomic mass is 16.5. The number of aliphatic imine (C=N–C) groups is 1. The molecule has 0 saturated carbocycles. The minimum Gasteiger partial charge on any atom is -0.479 e. The molecule has 0 radical (unpaired) electrons. The molecule has 0 aliphatic carbocycles. The molecule has 8 amide bonds.